The molecule has 8 heteroatoms. The first-order valence-electron chi connectivity index (χ1n) is 7.21. The minimum atomic E-state index is -0.939. The van der Waals surface area contributed by atoms with E-state index in [1.807, 2.05) is 6.07 Å². The van der Waals surface area contributed by atoms with Gasteiger partial charge in [-0.1, -0.05) is 11.6 Å². The van der Waals surface area contributed by atoms with Crippen molar-refractivity contribution in [2.75, 3.05) is 0 Å². The summed E-state index contributed by atoms with van der Waals surface area (Å²) in [5.74, 6) is -0.895. The zero-order chi connectivity index (χ0) is 17.4. The number of nitriles is 1. The van der Waals surface area contributed by atoms with Crippen molar-refractivity contribution in [2.24, 2.45) is 5.73 Å². The Labute approximate surface area is 142 Å². The minimum absolute atomic E-state index is 0.0191. The number of nitrogens with zero attached hydrogens (tertiary/aromatic N) is 2. The summed E-state index contributed by atoms with van der Waals surface area (Å²) in [6.45, 7) is 0. The molecule has 0 aromatic heterocycles. The van der Waals surface area contributed by atoms with Gasteiger partial charge in [-0.2, -0.15) is 5.26 Å². The standard InChI is InChI=1S/C16H12ClN3O4/c17-8-4-5-11(20(22)23)9(6-8)14-10(7-18)16(19)24-13-3-1-2-12(21)15(13)14/h4-6,14H,1-3,19H2/t14-/m0/s1. The third-order valence-corrected chi connectivity index (χ3v) is 4.34. The molecule has 0 unspecified atom stereocenters. The van der Waals surface area contributed by atoms with Crippen LogP contribution in [0.3, 0.4) is 0 Å². The fourth-order valence-corrected chi connectivity index (χ4v) is 3.27. The number of nitro benzene ring substituents is 1. The predicted octanol–water partition coefficient (Wildman–Crippen LogP) is 3.06. The van der Waals surface area contributed by atoms with Gasteiger partial charge in [0.05, 0.1) is 10.8 Å². The van der Waals surface area contributed by atoms with Gasteiger partial charge in [-0.3, -0.25) is 14.9 Å². The van der Waals surface area contributed by atoms with Crippen LogP contribution in [0.25, 0.3) is 0 Å². The molecular weight excluding hydrogens is 334 g/mol. The molecule has 0 spiro atoms. The zero-order valence-corrected chi connectivity index (χ0v) is 13.2. The van der Waals surface area contributed by atoms with Crippen molar-refractivity contribution >= 4 is 23.1 Å². The van der Waals surface area contributed by atoms with Crippen molar-refractivity contribution < 1.29 is 14.5 Å². The molecule has 3 rings (SSSR count). The van der Waals surface area contributed by atoms with Gasteiger partial charge < -0.3 is 10.5 Å². The van der Waals surface area contributed by atoms with Crippen molar-refractivity contribution in [1.29, 1.82) is 5.26 Å². The van der Waals surface area contributed by atoms with Crippen LogP contribution in [0.4, 0.5) is 5.69 Å². The Morgan fingerprint density at radius 2 is 2.17 bits per heavy atom. The second kappa shape index (κ2) is 5.98. The van der Waals surface area contributed by atoms with Crippen LogP contribution in [0.15, 0.2) is 41.0 Å². The maximum absolute atomic E-state index is 12.4. The number of hydrogen-bond donors (Lipinski definition) is 1. The number of rotatable bonds is 2. The molecule has 1 aliphatic carbocycles. The van der Waals surface area contributed by atoms with Gasteiger partial charge in [-0.15, -0.1) is 0 Å². The van der Waals surface area contributed by atoms with Crippen LogP contribution in [0.2, 0.25) is 5.02 Å². The molecule has 24 heavy (non-hydrogen) atoms. The van der Waals surface area contributed by atoms with E-state index in [9.17, 15) is 20.2 Å². The summed E-state index contributed by atoms with van der Waals surface area (Å²) < 4.78 is 5.44. The molecular formula is C16H12ClN3O4. The number of ketones is 1. The van der Waals surface area contributed by atoms with E-state index in [-0.39, 0.29) is 39.1 Å². The predicted molar refractivity (Wildman–Crippen MR) is 84.6 cm³/mol. The molecule has 0 radical (unpaired) electrons. The third kappa shape index (κ3) is 2.51. The Morgan fingerprint density at radius 3 is 2.83 bits per heavy atom. The molecule has 2 N–H and O–H groups in total. The number of benzene rings is 1. The van der Waals surface area contributed by atoms with Gasteiger partial charge in [0.1, 0.15) is 17.4 Å². The number of halogens is 1. The highest BCUT2D eigenvalue weighted by molar-refractivity contribution is 6.30. The largest absolute Gasteiger partial charge is 0.444 e. The zero-order valence-electron chi connectivity index (χ0n) is 12.4. The van der Waals surface area contributed by atoms with E-state index in [1.165, 1.54) is 18.2 Å². The SMILES string of the molecule is N#CC1=C(N)OC2=C(C(=O)CCC2)[C@H]1c1cc(Cl)ccc1[N+](=O)[O-]. The van der Waals surface area contributed by atoms with Crippen LogP contribution < -0.4 is 5.73 Å². The molecule has 1 atom stereocenters. The highest BCUT2D eigenvalue weighted by Gasteiger charge is 2.40. The van der Waals surface area contributed by atoms with E-state index in [2.05, 4.69) is 0 Å². The highest BCUT2D eigenvalue weighted by Crippen LogP contribution is 2.46. The summed E-state index contributed by atoms with van der Waals surface area (Å²) in [5, 5.41) is 21.1. The van der Waals surface area contributed by atoms with Gasteiger partial charge in [0.15, 0.2) is 5.78 Å². The molecule has 1 aromatic carbocycles. The van der Waals surface area contributed by atoms with Gasteiger partial charge in [0.25, 0.3) is 5.69 Å². The lowest BCUT2D eigenvalue weighted by Gasteiger charge is -2.30. The summed E-state index contributed by atoms with van der Waals surface area (Å²) in [4.78, 5) is 23.3. The van der Waals surface area contributed by atoms with Gasteiger partial charge in [0.2, 0.25) is 5.88 Å². The lowest BCUT2D eigenvalue weighted by molar-refractivity contribution is -0.385. The molecule has 1 aliphatic heterocycles. The Balaban J connectivity index is 2.30. The molecule has 0 bridgehead atoms. The first-order valence-corrected chi connectivity index (χ1v) is 7.59. The summed E-state index contributed by atoms with van der Waals surface area (Å²) in [6, 6.07) is 5.96. The van der Waals surface area contributed by atoms with Gasteiger partial charge in [0, 0.05) is 35.1 Å². The van der Waals surface area contributed by atoms with Gasteiger partial charge >= 0.3 is 0 Å². The molecule has 0 saturated carbocycles. The van der Waals surface area contributed by atoms with E-state index in [0.29, 0.717) is 25.0 Å². The molecule has 7 nitrogen and oxygen atoms in total. The number of nitrogens with two attached hydrogens (primary N) is 1. The van der Waals surface area contributed by atoms with Crippen molar-refractivity contribution in [1.82, 2.24) is 0 Å². The normalized spacial score (nSPS) is 20.3. The lowest BCUT2D eigenvalue weighted by atomic mass is 9.77. The summed E-state index contributed by atoms with van der Waals surface area (Å²) >= 11 is 5.99. The Bertz CT molecular complexity index is 867. The van der Waals surface area contributed by atoms with Crippen molar-refractivity contribution in [3.63, 3.8) is 0 Å². The average Bonchev–Trinajstić information content (AvgIpc) is 2.53. The van der Waals surface area contributed by atoms with Crippen molar-refractivity contribution in [3.8, 4) is 6.07 Å². The van der Waals surface area contributed by atoms with Crippen molar-refractivity contribution in [3.05, 3.63) is 61.7 Å². The quantitative estimate of drug-likeness (QED) is 0.649. The summed E-state index contributed by atoms with van der Waals surface area (Å²) in [6.07, 6.45) is 1.40. The van der Waals surface area contributed by atoms with Crippen LogP contribution in [0.1, 0.15) is 30.7 Å². The van der Waals surface area contributed by atoms with E-state index in [0.717, 1.165) is 0 Å². The number of ether oxygens (including phenoxy) is 1. The molecule has 1 heterocycles. The molecule has 1 aromatic rings. The fraction of sp³-hybridized carbons (Fsp3) is 0.250. The number of allylic oxidation sites excluding steroid dienone is 3. The number of hydrogen-bond acceptors (Lipinski definition) is 6. The number of nitro groups is 1. The number of carbonyl (C=O) groups excluding carboxylic acids is 1. The van der Waals surface area contributed by atoms with E-state index in [1.54, 1.807) is 0 Å². The second-order valence-electron chi connectivity index (χ2n) is 5.50. The van der Waals surface area contributed by atoms with Crippen LogP contribution in [-0.2, 0) is 9.53 Å². The second-order valence-corrected chi connectivity index (χ2v) is 5.94. The smallest absolute Gasteiger partial charge is 0.273 e. The van der Waals surface area contributed by atoms with Crippen LogP contribution in [0.5, 0.6) is 0 Å². The van der Waals surface area contributed by atoms with E-state index < -0.39 is 10.8 Å². The Hall–Kier alpha value is -2.85. The molecule has 0 amide bonds. The third-order valence-electron chi connectivity index (χ3n) is 4.10. The monoisotopic (exact) mass is 345 g/mol. The average molecular weight is 346 g/mol. The van der Waals surface area contributed by atoms with Crippen LogP contribution >= 0.6 is 11.6 Å². The van der Waals surface area contributed by atoms with E-state index >= 15 is 0 Å². The number of Topliss-reactive ketones (excluding diaryl/α,β-unsaturated/α-hetero) is 1. The molecule has 0 fully saturated rings. The van der Waals surface area contributed by atoms with E-state index in [4.69, 9.17) is 22.1 Å². The number of carbonyl (C=O) groups is 1. The van der Waals surface area contributed by atoms with Crippen LogP contribution in [0, 0.1) is 21.4 Å². The molecule has 0 saturated heterocycles. The van der Waals surface area contributed by atoms with Gasteiger partial charge in [-0.05, 0) is 18.6 Å². The fourth-order valence-electron chi connectivity index (χ4n) is 3.09. The first kappa shape index (κ1) is 16.0. The lowest BCUT2D eigenvalue weighted by Crippen LogP contribution is -2.27. The van der Waals surface area contributed by atoms with Crippen molar-refractivity contribution in [2.45, 2.75) is 25.2 Å². The minimum Gasteiger partial charge on any atom is -0.444 e. The highest BCUT2D eigenvalue weighted by atomic mass is 35.5. The Kier molecular flexibility index (Phi) is 3.99. The molecule has 2 aliphatic rings. The maximum atomic E-state index is 12.4. The maximum Gasteiger partial charge on any atom is 0.273 e. The summed E-state index contributed by atoms with van der Waals surface area (Å²) in [7, 11) is 0. The first-order chi connectivity index (χ1) is 11.4. The molecule has 122 valence electrons. The van der Waals surface area contributed by atoms with Gasteiger partial charge in [-0.25, -0.2) is 0 Å². The topological polar surface area (TPSA) is 119 Å². The summed E-state index contributed by atoms with van der Waals surface area (Å²) in [5.41, 5.74) is 6.00. The Morgan fingerprint density at radius 1 is 1.42 bits per heavy atom. The van der Waals surface area contributed by atoms with Crippen LogP contribution in [-0.4, -0.2) is 10.7 Å².